The lowest BCUT2D eigenvalue weighted by Crippen LogP contribution is -2.11. The van der Waals surface area contributed by atoms with Crippen molar-refractivity contribution in [2.75, 3.05) is 5.32 Å². The molecular formula is C14H10BrN3O. The minimum Gasteiger partial charge on any atom is -0.345 e. The largest absolute Gasteiger partial charge is 0.345 e. The molecule has 94 valence electrons. The molecule has 3 aromatic rings. The first-order chi connectivity index (χ1) is 9.22. The van der Waals surface area contributed by atoms with Crippen LogP contribution in [0.1, 0.15) is 10.4 Å². The predicted molar refractivity (Wildman–Crippen MR) is 78.2 cm³/mol. The van der Waals surface area contributed by atoms with Gasteiger partial charge in [-0.1, -0.05) is 15.9 Å². The number of anilines is 1. The Hall–Kier alpha value is -2.14. The molecule has 1 heterocycles. The Morgan fingerprint density at radius 3 is 2.74 bits per heavy atom. The maximum atomic E-state index is 12.1. The summed E-state index contributed by atoms with van der Waals surface area (Å²) in [7, 11) is 0. The SMILES string of the molecule is O=C(Nc1ccc(Br)cc1)c1ccc2[nH]cnc2c1. The highest BCUT2D eigenvalue weighted by molar-refractivity contribution is 9.10. The average molecular weight is 316 g/mol. The summed E-state index contributed by atoms with van der Waals surface area (Å²) >= 11 is 3.35. The standard InChI is InChI=1S/C14H10BrN3O/c15-10-2-4-11(5-3-10)18-14(19)9-1-6-12-13(7-9)17-8-16-12/h1-8H,(H,16,17)(H,18,19). The van der Waals surface area contributed by atoms with Crippen LogP contribution in [0, 0.1) is 0 Å². The number of hydrogen-bond donors (Lipinski definition) is 2. The van der Waals surface area contributed by atoms with E-state index in [0.29, 0.717) is 5.56 Å². The number of carbonyl (C=O) groups is 1. The summed E-state index contributed by atoms with van der Waals surface area (Å²) in [6.45, 7) is 0. The van der Waals surface area contributed by atoms with E-state index in [-0.39, 0.29) is 5.91 Å². The van der Waals surface area contributed by atoms with Gasteiger partial charge in [-0.05, 0) is 42.5 Å². The van der Waals surface area contributed by atoms with Gasteiger partial charge in [-0.2, -0.15) is 0 Å². The molecule has 0 saturated carbocycles. The lowest BCUT2D eigenvalue weighted by atomic mass is 10.2. The highest BCUT2D eigenvalue weighted by Crippen LogP contribution is 2.16. The van der Waals surface area contributed by atoms with Crippen LogP contribution in [-0.4, -0.2) is 15.9 Å². The molecule has 2 aromatic carbocycles. The number of nitrogens with one attached hydrogen (secondary N) is 2. The normalized spacial score (nSPS) is 10.6. The molecule has 0 aliphatic heterocycles. The second-order valence-corrected chi connectivity index (χ2v) is 5.01. The number of imidazole rings is 1. The maximum Gasteiger partial charge on any atom is 0.255 e. The zero-order valence-corrected chi connectivity index (χ0v) is 11.4. The van der Waals surface area contributed by atoms with Crippen molar-refractivity contribution in [3.8, 4) is 0 Å². The number of H-pyrrole nitrogens is 1. The van der Waals surface area contributed by atoms with E-state index < -0.39 is 0 Å². The highest BCUT2D eigenvalue weighted by Gasteiger charge is 2.07. The van der Waals surface area contributed by atoms with Crippen molar-refractivity contribution in [1.29, 1.82) is 0 Å². The summed E-state index contributed by atoms with van der Waals surface area (Å²) in [5.41, 5.74) is 3.04. The number of nitrogens with zero attached hydrogens (tertiary/aromatic N) is 1. The van der Waals surface area contributed by atoms with Crippen LogP contribution in [0.5, 0.6) is 0 Å². The second kappa shape index (κ2) is 4.85. The number of amides is 1. The molecule has 0 unspecified atom stereocenters. The number of hydrogen-bond acceptors (Lipinski definition) is 2. The monoisotopic (exact) mass is 315 g/mol. The molecule has 0 bridgehead atoms. The minimum absolute atomic E-state index is 0.146. The fourth-order valence-electron chi connectivity index (χ4n) is 1.81. The van der Waals surface area contributed by atoms with Crippen LogP contribution in [0.3, 0.4) is 0 Å². The molecule has 0 spiro atoms. The van der Waals surface area contributed by atoms with Gasteiger partial charge in [0.05, 0.1) is 17.4 Å². The van der Waals surface area contributed by atoms with Gasteiger partial charge in [-0.3, -0.25) is 4.79 Å². The van der Waals surface area contributed by atoms with Gasteiger partial charge in [0, 0.05) is 15.7 Å². The molecule has 0 aliphatic rings. The Kier molecular flexibility index (Phi) is 3.05. The summed E-state index contributed by atoms with van der Waals surface area (Å²) in [4.78, 5) is 19.2. The van der Waals surface area contributed by atoms with Crippen molar-refractivity contribution in [3.05, 3.63) is 58.8 Å². The molecular weight excluding hydrogens is 306 g/mol. The maximum absolute atomic E-state index is 12.1. The molecule has 19 heavy (non-hydrogen) atoms. The first-order valence-corrected chi connectivity index (χ1v) is 6.52. The van der Waals surface area contributed by atoms with E-state index in [1.54, 1.807) is 18.5 Å². The van der Waals surface area contributed by atoms with E-state index in [1.165, 1.54) is 0 Å². The zero-order valence-electron chi connectivity index (χ0n) is 9.85. The molecule has 1 aromatic heterocycles. The molecule has 0 atom stereocenters. The van der Waals surface area contributed by atoms with Gasteiger partial charge in [0.1, 0.15) is 0 Å². The van der Waals surface area contributed by atoms with E-state index in [2.05, 4.69) is 31.2 Å². The van der Waals surface area contributed by atoms with Gasteiger partial charge in [-0.15, -0.1) is 0 Å². The van der Waals surface area contributed by atoms with Crippen LogP contribution >= 0.6 is 15.9 Å². The number of rotatable bonds is 2. The van der Waals surface area contributed by atoms with Gasteiger partial charge in [-0.25, -0.2) is 4.98 Å². The topological polar surface area (TPSA) is 57.8 Å². The molecule has 0 saturated heterocycles. The molecule has 1 amide bonds. The van der Waals surface area contributed by atoms with Gasteiger partial charge < -0.3 is 10.3 Å². The number of aromatic nitrogens is 2. The minimum atomic E-state index is -0.146. The molecule has 4 nitrogen and oxygen atoms in total. The summed E-state index contributed by atoms with van der Waals surface area (Å²) in [6.07, 6.45) is 1.61. The van der Waals surface area contributed by atoms with Gasteiger partial charge in [0.2, 0.25) is 0 Å². The smallest absolute Gasteiger partial charge is 0.255 e. The molecule has 2 N–H and O–H groups in total. The Balaban J connectivity index is 1.84. The number of fused-ring (bicyclic) bond motifs is 1. The predicted octanol–water partition coefficient (Wildman–Crippen LogP) is 3.58. The third-order valence-corrected chi connectivity index (χ3v) is 3.31. The van der Waals surface area contributed by atoms with Crippen LogP contribution < -0.4 is 5.32 Å². The van der Waals surface area contributed by atoms with Gasteiger partial charge in [0.15, 0.2) is 0 Å². The molecule has 0 radical (unpaired) electrons. The van der Waals surface area contributed by atoms with Crippen molar-refractivity contribution in [3.63, 3.8) is 0 Å². The fourth-order valence-corrected chi connectivity index (χ4v) is 2.07. The summed E-state index contributed by atoms with van der Waals surface area (Å²) in [5, 5.41) is 2.84. The Morgan fingerprint density at radius 1 is 1.16 bits per heavy atom. The van der Waals surface area contributed by atoms with Gasteiger partial charge in [0.25, 0.3) is 5.91 Å². The lowest BCUT2D eigenvalue weighted by molar-refractivity contribution is 0.102. The molecule has 0 aliphatic carbocycles. The third kappa shape index (κ3) is 2.51. The van der Waals surface area contributed by atoms with E-state index in [4.69, 9.17) is 0 Å². The molecule has 3 rings (SSSR count). The van der Waals surface area contributed by atoms with Crippen molar-refractivity contribution in [2.24, 2.45) is 0 Å². The van der Waals surface area contributed by atoms with Crippen LogP contribution in [-0.2, 0) is 0 Å². The first-order valence-electron chi connectivity index (χ1n) is 5.72. The van der Waals surface area contributed by atoms with Crippen molar-refractivity contribution >= 4 is 38.6 Å². The van der Waals surface area contributed by atoms with Gasteiger partial charge >= 0.3 is 0 Å². The second-order valence-electron chi connectivity index (χ2n) is 4.10. The summed E-state index contributed by atoms with van der Waals surface area (Å²) in [5.74, 6) is -0.146. The Morgan fingerprint density at radius 2 is 1.95 bits per heavy atom. The third-order valence-electron chi connectivity index (χ3n) is 2.79. The lowest BCUT2D eigenvalue weighted by Gasteiger charge is -2.05. The number of aromatic amines is 1. The average Bonchev–Trinajstić information content (AvgIpc) is 2.88. The van der Waals surface area contributed by atoms with Crippen LogP contribution in [0.4, 0.5) is 5.69 Å². The number of benzene rings is 2. The van der Waals surface area contributed by atoms with Crippen molar-refractivity contribution < 1.29 is 4.79 Å². The Labute approximate surface area is 118 Å². The number of halogens is 1. The van der Waals surface area contributed by atoms with Crippen molar-refractivity contribution in [1.82, 2.24) is 9.97 Å². The highest BCUT2D eigenvalue weighted by atomic mass is 79.9. The van der Waals surface area contributed by atoms with E-state index in [9.17, 15) is 4.79 Å². The number of carbonyl (C=O) groups excluding carboxylic acids is 1. The summed E-state index contributed by atoms with van der Waals surface area (Å²) in [6, 6.07) is 12.8. The van der Waals surface area contributed by atoms with E-state index >= 15 is 0 Å². The van der Waals surface area contributed by atoms with Crippen LogP contribution in [0.15, 0.2) is 53.3 Å². The van der Waals surface area contributed by atoms with Crippen molar-refractivity contribution in [2.45, 2.75) is 0 Å². The van der Waals surface area contributed by atoms with E-state index in [1.807, 2.05) is 30.3 Å². The first kappa shape index (κ1) is 11.9. The Bertz CT molecular complexity index is 734. The van der Waals surface area contributed by atoms with Crippen LogP contribution in [0.2, 0.25) is 0 Å². The van der Waals surface area contributed by atoms with Crippen LogP contribution in [0.25, 0.3) is 11.0 Å². The summed E-state index contributed by atoms with van der Waals surface area (Å²) < 4.78 is 0.975. The quantitative estimate of drug-likeness (QED) is 0.759. The molecule has 5 heteroatoms. The molecule has 0 fully saturated rings. The van der Waals surface area contributed by atoms with E-state index in [0.717, 1.165) is 21.2 Å². The fraction of sp³-hybridized carbons (Fsp3) is 0. The zero-order chi connectivity index (χ0) is 13.2.